The molecular formula is C37H46N4O6. The number of hydrogen-bond donors (Lipinski definition) is 3. The number of nitrogens with zero attached hydrogens (tertiary/aromatic N) is 2. The summed E-state index contributed by atoms with van der Waals surface area (Å²) < 4.78 is 5.70. The Balaban J connectivity index is 1.63. The van der Waals surface area contributed by atoms with Crippen molar-refractivity contribution in [1.82, 2.24) is 20.4 Å². The van der Waals surface area contributed by atoms with Crippen LogP contribution in [-0.2, 0) is 32.0 Å². The van der Waals surface area contributed by atoms with Crippen molar-refractivity contribution in [3.05, 3.63) is 96.1 Å². The van der Waals surface area contributed by atoms with Crippen LogP contribution < -0.4 is 10.6 Å². The molecule has 3 atom stereocenters. The third-order valence-corrected chi connectivity index (χ3v) is 8.64. The number of carbonyl (C=O) groups excluding carboxylic acids is 3. The highest BCUT2D eigenvalue weighted by molar-refractivity contribution is 5.95. The molecule has 0 aromatic heterocycles. The lowest BCUT2D eigenvalue weighted by Crippen LogP contribution is -2.56. The fourth-order valence-electron chi connectivity index (χ4n) is 5.90. The van der Waals surface area contributed by atoms with Gasteiger partial charge in [-0.1, -0.05) is 78.9 Å². The van der Waals surface area contributed by atoms with Crippen molar-refractivity contribution < 1.29 is 29.0 Å². The minimum atomic E-state index is -1.15. The van der Waals surface area contributed by atoms with Gasteiger partial charge in [-0.3, -0.25) is 14.4 Å². The van der Waals surface area contributed by atoms with Crippen LogP contribution in [0, 0.1) is 0 Å². The molecule has 3 N–H and O–H groups in total. The Morgan fingerprint density at radius 3 is 2.34 bits per heavy atom. The van der Waals surface area contributed by atoms with Crippen LogP contribution in [0.3, 0.4) is 0 Å². The quantitative estimate of drug-likeness (QED) is 0.221. The lowest BCUT2D eigenvalue weighted by atomic mass is 9.96. The highest BCUT2D eigenvalue weighted by Gasteiger charge is 2.35. The van der Waals surface area contributed by atoms with Crippen molar-refractivity contribution in [2.75, 3.05) is 27.2 Å². The molecule has 0 bridgehead atoms. The van der Waals surface area contributed by atoms with Crippen LogP contribution in [0.2, 0.25) is 0 Å². The maximum absolute atomic E-state index is 14.5. The van der Waals surface area contributed by atoms with Crippen LogP contribution >= 0.6 is 0 Å². The van der Waals surface area contributed by atoms with E-state index in [1.807, 2.05) is 72.8 Å². The second-order valence-electron chi connectivity index (χ2n) is 12.8. The monoisotopic (exact) mass is 642 g/mol. The summed E-state index contributed by atoms with van der Waals surface area (Å²) in [7, 11) is 3.20. The summed E-state index contributed by atoms with van der Waals surface area (Å²) in [6.07, 6.45) is 4.37. The van der Waals surface area contributed by atoms with E-state index in [9.17, 15) is 19.2 Å². The van der Waals surface area contributed by atoms with Crippen LogP contribution in [0.4, 0.5) is 4.79 Å². The third-order valence-electron chi connectivity index (χ3n) is 8.64. The summed E-state index contributed by atoms with van der Waals surface area (Å²) >= 11 is 0. The highest BCUT2D eigenvalue weighted by Crippen LogP contribution is 2.23. The van der Waals surface area contributed by atoms with Crippen LogP contribution in [0.15, 0.2) is 84.9 Å². The predicted molar refractivity (Wildman–Crippen MR) is 182 cm³/mol. The Morgan fingerprint density at radius 1 is 0.936 bits per heavy atom. The van der Waals surface area contributed by atoms with E-state index < -0.39 is 29.6 Å². The zero-order valence-electron chi connectivity index (χ0n) is 27.6. The molecule has 1 heterocycles. The van der Waals surface area contributed by atoms with Gasteiger partial charge in [-0.25, -0.2) is 4.79 Å². The van der Waals surface area contributed by atoms with Gasteiger partial charge in [0.15, 0.2) is 0 Å². The van der Waals surface area contributed by atoms with Gasteiger partial charge in [0.1, 0.15) is 12.1 Å². The van der Waals surface area contributed by atoms with Gasteiger partial charge >= 0.3 is 6.09 Å². The van der Waals surface area contributed by atoms with E-state index in [0.29, 0.717) is 19.6 Å². The highest BCUT2D eigenvalue weighted by atomic mass is 16.5. The number of likely N-dealkylation sites (N-methyl/N-ethyl adjacent to an activating group) is 2. The summed E-state index contributed by atoms with van der Waals surface area (Å²) in [5.74, 6) is -1.07. The first kappa shape index (κ1) is 35.2. The molecule has 1 aliphatic heterocycles. The summed E-state index contributed by atoms with van der Waals surface area (Å²) in [5.41, 5.74) is 1.01. The summed E-state index contributed by atoms with van der Waals surface area (Å²) in [6, 6.07) is 21.5. The van der Waals surface area contributed by atoms with Gasteiger partial charge in [0.25, 0.3) is 0 Å². The second-order valence-corrected chi connectivity index (χ2v) is 12.8. The largest absolute Gasteiger partial charge is 0.465 e. The van der Waals surface area contributed by atoms with E-state index in [4.69, 9.17) is 9.84 Å². The van der Waals surface area contributed by atoms with Gasteiger partial charge in [-0.15, -0.1) is 0 Å². The first-order chi connectivity index (χ1) is 22.4. The fourth-order valence-corrected chi connectivity index (χ4v) is 5.90. The minimum Gasteiger partial charge on any atom is -0.465 e. The molecule has 4 amide bonds. The number of carboxylic acid groups (broad SMARTS) is 1. The van der Waals surface area contributed by atoms with Crippen LogP contribution in [0.5, 0.6) is 0 Å². The van der Waals surface area contributed by atoms with Crippen molar-refractivity contribution in [3.8, 4) is 0 Å². The lowest BCUT2D eigenvalue weighted by molar-refractivity contribution is -0.146. The van der Waals surface area contributed by atoms with Gasteiger partial charge in [0.05, 0.1) is 6.10 Å². The number of rotatable bonds is 14. The SMILES string of the molecule is CN(C(=O)/C=C/CC(C)(C)NC(=O)O)[C@H](Cc1cccc2ccccc12)C(=O)N(C)[C@H](Cc1ccccc1)C(=O)NCC1CCCO1. The maximum atomic E-state index is 14.5. The number of benzene rings is 3. The molecule has 10 nitrogen and oxygen atoms in total. The maximum Gasteiger partial charge on any atom is 0.405 e. The molecule has 0 spiro atoms. The minimum absolute atomic E-state index is 0.0531. The zero-order chi connectivity index (χ0) is 34.0. The molecule has 0 aliphatic carbocycles. The summed E-state index contributed by atoms with van der Waals surface area (Å²) in [6.45, 7) is 4.48. The Labute approximate surface area is 276 Å². The van der Waals surface area contributed by atoms with E-state index >= 15 is 0 Å². The number of hydrogen-bond acceptors (Lipinski definition) is 5. The smallest absolute Gasteiger partial charge is 0.405 e. The Hall–Kier alpha value is -4.70. The van der Waals surface area contributed by atoms with Crippen molar-refractivity contribution >= 4 is 34.6 Å². The Morgan fingerprint density at radius 2 is 1.64 bits per heavy atom. The van der Waals surface area contributed by atoms with Gasteiger partial charge in [-0.2, -0.15) is 0 Å². The predicted octanol–water partition coefficient (Wildman–Crippen LogP) is 4.57. The average Bonchev–Trinajstić information content (AvgIpc) is 3.58. The zero-order valence-corrected chi connectivity index (χ0v) is 27.6. The molecule has 1 unspecified atom stereocenters. The molecule has 47 heavy (non-hydrogen) atoms. The fraction of sp³-hybridized carbons (Fsp3) is 0.405. The number of nitrogens with one attached hydrogen (secondary N) is 2. The standard InChI is InChI=1S/C37H46N4O6/c1-37(2,39-36(45)46)21-11-20-33(42)40(3)32(24-28-17-10-16-27-15-8-9-19-30(27)28)35(44)41(4)31(23-26-13-6-5-7-14-26)34(43)38-25-29-18-12-22-47-29/h5-11,13-17,19-20,29,31-32,39H,12,18,21-25H2,1-4H3,(H,38,43)(H,45,46)/b20-11+/t29?,31-,32-/m1/s1. The molecule has 250 valence electrons. The van der Waals surface area contributed by atoms with Gasteiger partial charge in [0.2, 0.25) is 17.7 Å². The van der Waals surface area contributed by atoms with E-state index in [2.05, 4.69) is 10.6 Å². The molecule has 3 aromatic rings. The van der Waals surface area contributed by atoms with Crippen molar-refractivity contribution in [2.24, 2.45) is 0 Å². The molecular weight excluding hydrogens is 596 g/mol. The van der Waals surface area contributed by atoms with Crippen LogP contribution in [-0.4, -0.2) is 89.7 Å². The Bertz CT molecular complexity index is 1560. The first-order valence-electron chi connectivity index (χ1n) is 16.1. The molecule has 1 fully saturated rings. The average molecular weight is 643 g/mol. The normalized spacial score (nSPS) is 16.0. The number of fused-ring (bicyclic) bond motifs is 1. The van der Waals surface area contributed by atoms with Crippen molar-refractivity contribution in [2.45, 2.75) is 69.7 Å². The topological polar surface area (TPSA) is 128 Å². The molecule has 1 saturated heterocycles. The van der Waals surface area contributed by atoms with Gasteiger partial charge in [0, 0.05) is 45.6 Å². The molecule has 3 aromatic carbocycles. The number of carbonyl (C=O) groups is 4. The number of ether oxygens (including phenoxy) is 1. The van der Waals surface area contributed by atoms with Crippen LogP contribution in [0.1, 0.15) is 44.2 Å². The third kappa shape index (κ3) is 9.89. The molecule has 0 radical (unpaired) electrons. The van der Waals surface area contributed by atoms with Crippen molar-refractivity contribution in [1.29, 1.82) is 0 Å². The molecule has 0 saturated carbocycles. The summed E-state index contributed by atoms with van der Waals surface area (Å²) in [4.78, 5) is 55.8. The van der Waals surface area contributed by atoms with Crippen molar-refractivity contribution in [3.63, 3.8) is 0 Å². The Kier molecular flexibility index (Phi) is 12.1. The summed E-state index contributed by atoms with van der Waals surface area (Å²) in [5, 5.41) is 16.6. The molecule has 1 aliphatic rings. The first-order valence-corrected chi connectivity index (χ1v) is 16.1. The molecule has 10 heteroatoms. The van der Waals surface area contributed by atoms with E-state index in [0.717, 1.165) is 34.7 Å². The second kappa shape index (κ2) is 16.2. The van der Waals surface area contributed by atoms with Gasteiger partial charge < -0.3 is 30.3 Å². The van der Waals surface area contributed by atoms with E-state index in [-0.39, 0.29) is 30.8 Å². The van der Waals surface area contributed by atoms with Gasteiger partial charge in [-0.05, 0) is 61.1 Å². The number of amides is 4. The van der Waals surface area contributed by atoms with Crippen LogP contribution in [0.25, 0.3) is 10.8 Å². The van der Waals surface area contributed by atoms with E-state index in [1.54, 1.807) is 34.0 Å². The molecule has 4 rings (SSSR count). The van der Waals surface area contributed by atoms with E-state index in [1.165, 1.54) is 15.9 Å². The lowest BCUT2D eigenvalue weighted by Gasteiger charge is -2.34.